The lowest BCUT2D eigenvalue weighted by Crippen LogP contribution is -2.36. The fourth-order valence-corrected chi connectivity index (χ4v) is 3.29. The van der Waals surface area contributed by atoms with Gasteiger partial charge in [0.05, 0.1) is 11.5 Å². The molecule has 21 heavy (non-hydrogen) atoms. The Morgan fingerprint density at radius 3 is 2.52 bits per heavy atom. The number of rotatable bonds is 5. The maximum absolute atomic E-state index is 12.5. The van der Waals surface area contributed by atoms with Crippen molar-refractivity contribution in [3.63, 3.8) is 0 Å². The van der Waals surface area contributed by atoms with E-state index in [4.69, 9.17) is 5.11 Å². The molecule has 0 fully saturated rings. The Labute approximate surface area is 127 Å². The quantitative estimate of drug-likeness (QED) is 0.818. The molecule has 0 radical (unpaired) electrons. The fraction of sp³-hybridized carbons (Fsp3) is 0.500. The molecule has 0 saturated heterocycles. The SMILES string of the molecule is Cc1ccc(C#CCCO)cc1S(=O)(=O)NC(C)C(C)C. The van der Waals surface area contributed by atoms with Gasteiger partial charge in [-0.2, -0.15) is 0 Å². The molecular weight excluding hydrogens is 286 g/mol. The summed E-state index contributed by atoms with van der Waals surface area (Å²) in [5, 5.41) is 8.71. The van der Waals surface area contributed by atoms with Gasteiger partial charge in [-0.3, -0.25) is 0 Å². The summed E-state index contributed by atoms with van der Waals surface area (Å²) in [6, 6.07) is 4.97. The molecule has 4 nitrogen and oxygen atoms in total. The summed E-state index contributed by atoms with van der Waals surface area (Å²) in [6.07, 6.45) is 0.374. The monoisotopic (exact) mass is 309 g/mol. The van der Waals surface area contributed by atoms with E-state index < -0.39 is 10.0 Å². The minimum atomic E-state index is -3.56. The Bertz CT molecular complexity index is 639. The summed E-state index contributed by atoms with van der Waals surface area (Å²) in [5.41, 5.74) is 1.32. The lowest BCUT2D eigenvalue weighted by molar-refractivity contribution is 0.305. The van der Waals surface area contributed by atoms with Gasteiger partial charge >= 0.3 is 0 Å². The number of aryl methyl sites for hydroxylation is 1. The van der Waals surface area contributed by atoms with Crippen molar-refractivity contribution in [2.75, 3.05) is 6.61 Å². The fourth-order valence-electron chi connectivity index (χ4n) is 1.63. The molecule has 0 spiro atoms. The van der Waals surface area contributed by atoms with Gasteiger partial charge in [0.15, 0.2) is 0 Å². The number of nitrogens with one attached hydrogen (secondary N) is 1. The van der Waals surface area contributed by atoms with Gasteiger partial charge in [0.2, 0.25) is 10.0 Å². The van der Waals surface area contributed by atoms with Crippen LogP contribution in [0.2, 0.25) is 0 Å². The standard InChI is InChI=1S/C16H23NO3S/c1-12(2)14(4)17-21(19,20)16-11-15(7-5-6-10-18)9-8-13(16)3/h8-9,11-12,14,17-18H,6,10H2,1-4H3. The van der Waals surface area contributed by atoms with Crippen molar-refractivity contribution in [1.29, 1.82) is 0 Å². The van der Waals surface area contributed by atoms with Crippen molar-refractivity contribution in [3.8, 4) is 11.8 Å². The van der Waals surface area contributed by atoms with Crippen LogP contribution < -0.4 is 4.72 Å². The van der Waals surface area contributed by atoms with Crippen LogP contribution in [0.4, 0.5) is 0 Å². The zero-order valence-electron chi connectivity index (χ0n) is 13.0. The van der Waals surface area contributed by atoms with Gasteiger partial charge in [-0.05, 0) is 37.5 Å². The van der Waals surface area contributed by atoms with Gasteiger partial charge in [0.1, 0.15) is 0 Å². The van der Waals surface area contributed by atoms with Crippen molar-refractivity contribution in [3.05, 3.63) is 29.3 Å². The number of hydrogen-bond acceptors (Lipinski definition) is 3. The smallest absolute Gasteiger partial charge is 0.241 e. The second-order valence-corrected chi connectivity index (χ2v) is 7.09. The number of aliphatic hydroxyl groups excluding tert-OH is 1. The van der Waals surface area contributed by atoms with Crippen molar-refractivity contribution in [2.45, 2.75) is 45.1 Å². The predicted octanol–water partition coefficient (Wildman–Crippen LogP) is 2.05. The summed E-state index contributed by atoms with van der Waals surface area (Å²) in [5.74, 6) is 5.87. The minimum absolute atomic E-state index is 0.00250. The molecule has 1 unspecified atom stereocenters. The Balaban J connectivity index is 3.12. The zero-order chi connectivity index (χ0) is 16.0. The molecule has 0 bridgehead atoms. The van der Waals surface area contributed by atoms with E-state index in [1.54, 1.807) is 25.1 Å². The van der Waals surface area contributed by atoms with Crippen LogP contribution in [0.1, 0.15) is 38.3 Å². The van der Waals surface area contributed by atoms with Crippen LogP contribution in [0.25, 0.3) is 0 Å². The average Bonchev–Trinajstić information content (AvgIpc) is 2.40. The third-order valence-corrected chi connectivity index (χ3v) is 4.99. The molecule has 2 N–H and O–H groups in total. The summed E-state index contributed by atoms with van der Waals surface area (Å²) in [6.45, 7) is 7.55. The molecular formula is C16H23NO3S. The van der Waals surface area contributed by atoms with Crippen molar-refractivity contribution >= 4 is 10.0 Å². The Hall–Kier alpha value is -1.35. The van der Waals surface area contributed by atoms with Crippen molar-refractivity contribution in [1.82, 2.24) is 4.72 Å². The van der Waals surface area contributed by atoms with Gasteiger partial charge in [-0.1, -0.05) is 31.8 Å². The highest BCUT2D eigenvalue weighted by molar-refractivity contribution is 7.89. The highest BCUT2D eigenvalue weighted by atomic mass is 32.2. The van der Waals surface area contributed by atoms with Crippen molar-refractivity contribution < 1.29 is 13.5 Å². The molecule has 0 amide bonds. The predicted molar refractivity (Wildman–Crippen MR) is 84.4 cm³/mol. The first-order chi connectivity index (χ1) is 9.77. The number of aliphatic hydroxyl groups is 1. The van der Waals surface area contributed by atoms with Gasteiger partial charge in [-0.15, -0.1) is 0 Å². The van der Waals surface area contributed by atoms with Crippen LogP contribution in [0.15, 0.2) is 23.1 Å². The topological polar surface area (TPSA) is 66.4 Å². The second-order valence-electron chi connectivity index (χ2n) is 5.41. The maximum Gasteiger partial charge on any atom is 0.241 e. The number of hydrogen-bond donors (Lipinski definition) is 2. The Morgan fingerprint density at radius 2 is 1.95 bits per heavy atom. The molecule has 0 aliphatic carbocycles. The molecule has 1 aromatic rings. The molecule has 1 atom stereocenters. The van der Waals surface area contributed by atoms with Crippen LogP contribution in [-0.2, 0) is 10.0 Å². The second kappa shape index (κ2) is 7.60. The summed E-state index contributed by atoms with van der Waals surface area (Å²) < 4.78 is 27.6. The third kappa shape index (κ3) is 5.16. The van der Waals surface area contributed by atoms with Gasteiger partial charge < -0.3 is 5.11 Å². The molecule has 116 valence electrons. The maximum atomic E-state index is 12.5. The third-order valence-electron chi connectivity index (χ3n) is 3.29. The van der Waals surface area contributed by atoms with E-state index in [1.165, 1.54) is 0 Å². The summed E-state index contributed by atoms with van der Waals surface area (Å²) >= 11 is 0. The highest BCUT2D eigenvalue weighted by Crippen LogP contribution is 2.18. The molecule has 1 aromatic carbocycles. The highest BCUT2D eigenvalue weighted by Gasteiger charge is 2.21. The van der Waals surface area contributed by atoms with Crippen LogP contribution in [-0.4, -0.2) is 26.2 Å². The van der Waals surface area contributed by atoms with Crippen LogP contribution in [0.3, 0.4) is 0 Å². The van der Waals surface area contributed by atoms with Gasteiger partial charge in [0, 0.05) is 18.0 Å². The number of benzene rings is 1. The van der Waals surface area contributed by atoms with E-state index in [0.29, 0.717) is 17.5 Å². The average molecular weight is 309 g/mol. The Kier molecular flexibility index (Phi) is 6.41. The van der Waals surface area contributed by atoms with E-state index in [1.807, 2.05) is 20.8 Å². The first-order valence-electron chi connectivity index (χ1n) is 7.00. The zero-order valence-corrected chi connectivity index (χ0v) is 13.8. The molecule has 5 heteroatoms. The first kappa shape index (κ1) is 17.7. The molecule has 0 heterocycles. The van der Waals surface area contributed by atoms with Crippen LogP contribution in [0.5, 0.6) is 0 Å². The van der Waals surface area contributed by atoms with E-state index in [2.05, 4.69) is 16.6 Å². The number of sulfonamides is 1. The van der Waals surface area contributed by atoms with E-state index in [9.17, 15) is 8.42 Å². The molecule has 0 saturated carbocycles. The normalized spacial score (nSPS) is 12.9. The lowest BCUT2D eigenvalue weighted by atomic mass is 10.1. The lowest BCUT2D eigenvalue weighted by Gasteiger charge is -2.18. The summed E-state index contributed by atoms with van der Waals surface area (Å²) in [4.78, 5) is 0.255. The van der Waals surface area contributed by atoms with E-state index >= 15 is 0 Å². The molecule has 1 rings (SSSR count). The van der Waals surface area contributed by atoms with Gasteiger partial charge in [0.25, 0.3) is 0 Å². The van der Waals surface area contributed by atoms with E-state index in [-0.39, 0.29) is 23.5 Å². The minimum Gasteiger partial charge on any atom is -0.395 e. The summed E-state index contributed by atoms with van der Waals surface area (Å²) in [7, 11) is -3.56. The Morgan fingerprint density at radius 1 is 1.29 bits per heavy atom. The first-order valence-corrected chi connectivity index (χ1v) is 8.49. The van der Waals surface area contributed by atoms with Crippen LogP contribution in [0, 0.1) is 24.7 Å². The van der Waals surface area contributed by atoms with Gasteiger partial charge in [-0.25, -0.2) is 13.1 Å². The molecule has 0 aliphatic rings. The largest absolute Gasteiger partial charge is 0.395 e. The van der Waals surface area contributed by atoms with Crippen molar-refractivity contribution in [2.24, 2.45) is 5.92 Å². The molecule has 0 aliphatic heterocycles. The van der Waals surface area contributed by atoms with E-state index in [0.717, 1.165) is 0 Å². The molecule has 0 aromatic heterocycles. The van der Waals surface area contributed by atoms with Crippen LogP contribution >= 0.6 is 0 Å².